The van der Waals surface area contributed by atoms with E-state index in [1.54, 1.807) is 6.33 Å². The van der Waals surface area contributed by atoms with Crippen molar-refractivity contribution in [2.45, 2.75) is 154 Å². The maximum atomic E-state index is 5.76. The average molecular weight is 856 g/mol. The van der Waals surface area contributed by atoms with Gasteiger partial charge in [-0.1, -0.05) is 119 Å². The minimum absolute atomic E-state index is 0. The van der Waals surface area contributed by atoms with Crippen LogP contribution in [-0.4, -0.2) is 39.6 Å². The molecular weight excluding hydrogens is 775 g/mol. The zero-order valence-electron chi connectivity index (χ0n) is 40.7. The third-order valence-corrected chi connectivity index (χ3v) is 11.9. The molecule has 0 saturated carbocycles. The first-order valence-corrected chi connectivity index (χ1v) is 22.9. The van der Waals surface area contributed by atoms with Crippen molar-refractivity contribution >= 4 is 28.2 Å². The van der Waals surface area contributed by atoms with Gasteiger partial charge in [-0.05, 0) is 145 Å². The van der Waals surface area contributed by atoms with E-state index in [0.29, 0.717) is 29.6 Å². The van der Waals surface area contributed by atoms with Crippen LogP contribution in [0.5, 0.6) is 5.75 Å². The average Bonchev–Trinajstić information content (AvgIpc) is 3.73. The lowest BCUT2D eigenvalue weighted by molar-refractivity contribution is 0.323. The summed E-state index contributed by atoms with van der Waals surface area (Å²) < 4.78 is 5.58. The molecule has 5 N–H and O–H groups in total. The van der Waals surface area contributed by atoms with Gasteiger partial charge in [0.05, 0.1) is 28.9 Å². The molecule has 0 radical (unpaired) electrons. The molecule has 3 aromatic carbocycles. The van der Waals surface area contributed by atoms with Gasteiger partial charge in [0.15, 0.2) is 5.65 Å². The Bertz CT molecular complexity index is 2270. The van der Waals surface area contributed by atoms with Crippen molar-refractivity contribution in [2.24, 2.45) is 0 Å². The summed E-state index contributed by atoms with van der Waals surface area (Å²) in [6.07, 6.45) is 7.99. The monoisotopic (exact) mass is 856 g/mol. The molecule has 0 atom stereocenters. The number of aromatic nitrogens is 4. The Hall–Kier alpha value is -5.37. The largest absolute Gasteiger partial charge is 0.490 e. The van der Waals surface area contributed by atoms with E-state index < -0.39 is 0 Å². The summed E-state index contributed by atoms with van der Waals surface area (Å²) in [4.78, 5) is 16.0. The fourth-order valence-corrected chi connectivity index (χ4v) is 8.30. The first-order valence-electron chi connectivity index (χ1n) is 22.9. The molecule has 0 saturated heterocycles. The molecule has 0 bridgehead atoms. The molecular formula is C55H81N7O. The van der Waals surface area contributed by atoms with Crippen LogP contribution in [0.3, 0.4) is 0 Å². The quantitative estimate of drug-likeness (QED) is 0.128. The van der Waals surface area contributed by atoms with Crippen molar-refractivity contribution in [3.05, 3.63) is 135 Å². The van der Waals surface area contributed by atoms with Crippen LogP contribution in [0.4, 0.5) is 17.1 Å². The number of anilines is 3. The van der Waals surface area contributed by atoms with Crippen LogP contribution in [0, 0.1) is 34.6 Å². The molecule has 63 heavy (non-hydrogen) atoms. The number of nitrogens with one attached hydrogen (secondary N) is 3. The van der Waals surface area contributed by atoms with Crippen molar-refractivity contribution in [1.29, 1.82) is 0 Å². The number of H-pyrrole nitrogens is 1. The lowest BCUT2D eigenvalue weighted by Crippen LogP contribution is -2.19. The summed E-state index contributed by atoms with van der Waals surface area (Å²) in [6, 6.07) is 18.9. The van der Waals surface area contributed by atoms with E-state index in [-0.39, 0.29) is 7.43 Å². The Morgan fingerprint density at radius 1 is 0.556 bits per heavy atom. The number of nitrogens with two attached hydrogens (primary N) is 1. The third kappa shape index (κ3) is 13.8. The molecule has 6 aromatic rings. The maximum Gasteiger partial charge on any atom is 0.177 e. The van der Waals surface area contributed by atoms with Crippen LogP contribution < -0.4 is 21.1 Å². The predicted molar refractivity (Wildman–Crippen MR) is 274 cm³/mol. The molecule has 2 aliphatic heterocycles. The smallest absolute Gasteiger partial charge is 0.177 e. The first kappa shape index (κ1) is 52.0. The van der Waals surface area contributed by atoms with Gasteiger partial charge in [-0.2, -0.15) is 0 Å². The molecule has 3 aromatic heterocycles. The van der Waals surface area contributed by atoms with E-state index in [1.807, 2.05) is 24.5 Å². The summed E-state index contributed by atoms with van der Waals surface area (Å²) in [5.41, 5.74) is 25.7. The number of nitrogen functional groups attached to an aromatic ring is 1. The number of hydrogen-bond donors (Lipinski definition) is 4. The van der Waals surface area contributed by atoms with Gasteiger partial charge in [0.2, 0.25) is 0 Å². The second kappa shape index (κ2) is 24.5. The standard InChI is InChI=1S/C12H18N2.C12H17NO.C10H13N3.C10H15N.C10H14.CH4/c1-8(2)10-7-14-11-5-4-6-13-12(11)9(10)3;1-8(2)10-4-5-11-12(9(10)3)13-6-7-14-11;1-6(2)8-4-11-10-9(7(8)3)12-5-13-10;1-7(2)9-5-4-6-10(11)8(9)3;1-8(2)10-7-5-4-6-9(10)3;/h7-8,13H,4-6H2,1-3H3;4-5,8,13H,6-7H2,1-3H3;4-6H,1-3H3,(H,11,12,13);4-7H,11H2,1-3H3;4-8H,1-3H3;1H4. The highest BCUT2D eigenvalue weighted by Crippen LogP contribution is 2.35. The molecule has 0 spiro atoms. The molecule has 0 fully saturated rings. The van der Waals surface area contributed by atoms with Gasteiger partial charge in [-0.3, -0.25) is 4.98 Å². The van der Waals surface area contributed by atoms with E-state index in [0.717, 1.165) is 48.7 Å². The van der Waals surface area contributed by atoms with E-state index in [9.17, 15) is 0 Å². The summed E-state index contributed by atoms with van der Waals surface area (Å²) >= 11 is 0. The highest BCUT2D eigenvalue weighted by atomic mass is 16.5. The van der Waals surface area contributed by atoms with Gasteiger partial charge in [-0.25, -0.2) is 9.97 Å². The Morgan fingerprint density at radius 3 is 1.71 bits per heavy atom. The number of ether oxygens (including phenoxy) is 1. The van der Waals surface area contributed by atoms with Crippen LogP contribution in [-0.2, 0) is 6.42 Å². The van der Waals surface area contributed by atoms with Crippen molar-refractivity contribution in [1.82, 2.24) is 19.9 Å². The lowest BCUT2D eigenvalue weighted by atomic mass is 9.96. The van der Waals surface area contributed by atoms with Crippen molar-refractivity contribution in [3.63, 3.8) is 0 Å². The van der Waals surface area contributed by atoms with Crippen molar-refractivity contribution in [2.75, 3.05) is 36.1 Å². The van der Waals surface area contributed by atoms with Gasteiger partial charge in [0.1, 0.15) is 12.4 Å². The Morgan fingerprint density at radius 2 is 1.11 bits per heavy atom. The molecule has 8 rings (SSSR count). The van der Waals surface area contributed by atoms with E-state index in [2.05, 4.69) is 177 Å². The topological polar surface area (TPSA) is 114 Å². The van der Waals surface area contributed by atoms with Gasteiger partial charge < -0.3 is 26.1 Å². The third-order valence-electron chi connectivity index (χ3n) is 11.9. The number of aryl methyl sites for hydroxylation is 3. The Labute approximate surface area is 381 Å². The van der Waals surface area contributed by atoms with E-state index >= 15 is 0 Å². The van der Waals surface area contributed by atoms with Crippen LogP contribution in [0.15, 0.2) is 73.3 Å². The second-order valence-electron chi connectivity index (χ2n) is 18.2. The molecule has 5 heterocycles. The number of fused-ring (bicyclic) bond motifs is 3. The van der Waals surface area contributed by atoms with E-state index in [1.165, 1.54) is 79.1 Å². The van der Waals surface area contributed by atoms with Crippen molar-refractivity contribution < 1.29 is 4.74 Å². The van der Waals surface area contributed by atoms with Gasteiger partial charge in [0, 0.05) is 31.2 Å². The molecule has 8 nitrogen and oxygen atoms in total. The number of benzene rings is 3. The SMILES string of the molecule is C.Cc1c(C(C)C)ccc2c1NCCO2.Cc1c(C(C)C)cnc2c1NCCC2.Cc1c(C(C)C)cnc2nc[nH]c12.Cc1c(N)cccc1C(C)C.Cc1ccccc1C(C)C. The summed E-state index contributed by atoms with van der Waals surface area (Å²) in [5.74, 6) is 3.87. The number of hydrogen-bond acceptors (Lipinski definition) is 7. The molecule has 0 aliphatic carbocycles. The van der Waals surface area contributed by atoms with Crippen LogP contribution in [0.25, 0.3) is 11.2 Å². The zero-order chi connectivity index (χ0) is 45.7. The van der Waals surface area contributed by atoms with E-state index in [4.69, 9.17) is 10.5 Å². The number of pyridine rings is 2. The minimum atomic E-state index is 0. The summed E-state index contributed by atoms with van der Waals surface area (Å²) in [7, 11) is 0. The number of imidazole rings is 1. The molecule has 342 valence electrons. The molecule has 0 amide bonds. The predicted octanol–water partition coefficient (Wildman–Crippen LogP) is 14.6. The minimum Gasteiger partial charge on any atom is -0.490 e. The Kier molecular flexibility index (Phi) is 20.2. The van der Waals surface area contributed by atoms with Crippen LogP contribution in [0.1, 0.15) is 174 Å². The Balaban J connectivity index is 0.000000210. The maximum absolute atomic E-state index is 5.76. The molecule has 2 aliphatic rings. The fraction of sp³-hybridized carbons (Fsp3) is 0.473. The summed E-state index contributed by atoms with van der Waals surface area (Å²) in [5, 5.41) is 6.86. The van der Waals surface area contributed by atoms with Crippen LogP contribution in [0.2, 0.25) is 0 Å². The second-order valence-corrected chi connectivity index (χ2v) is 18.2. The number of nitrogens with zero attached hydrogens (tertiary/aromatic N) is 3. The normalized spacial score (nSPS) is 12.4. The lowest BCUT2D eigenvalue weighted by Gasteiger charge is -2.23. The summed E-state index contributed by atoms with van der Waals surface area (Å²) in [6.45, 7) is 35.5. The highest BCUT2D eigenvalue weighted by Gasteiger charge is 2.17. The van der Waals surface area contributed by atoms with Gasteiger partial charge in [0.25, 0.3) is 0 Å². The van der Waals surface area contributed by atoms with Crippen LogP contribution >= 0.6 is 0 Å². The zero-order valence-corrected chi connectivity index (χ0v) is 40.7. The first-order chi connectivity index (χ1) is 29.4. The molecule has 8 heteroatoms. The molecule has 0 unspecified atom stereocenters. The fourth-order valence-electron chi connectivity index (χ4n) is 8.30. The number of aromatic amines is 1. The van der Waals surface area contributed by atoms with Gasteiger partial charge in [-0.15, -0.1) is 0 Å². The van der Waals surface area contributed by atoms with Crippen molar-refractivity contribution in [3.8, 4) is 5.75 Å². The number of rotatable bonds is 5. The van der Waals surface area contributed by atoms with Gasteiger partial charge >= 0.3 is 0 Å². The highest BCUT2D eigenvalue weighted by molar-refractivity contribution is 5.75.